The number of halogens is 2. The molecule has 34 heavy (non-hydrogen) atoms. The molecule has 0 aromatic heterocycles. The predicted octanol–water partition coefficient (Wildman–Crippen LogP) is 3.13. The van der Waals surface area contributed by atoms with E-state index in [9.17, 15) is 18.4 Å². The third kappa shape index (κ3) is 4.32. The molecule has 2 atom stereocenters. The number of carbonyl (C=O) groups excluding carboxylic acids is 2. The summed E-state index contributed by atoms with van der Waals surface area (Å²) in [4.78, 5) is 27.2. The van der Waals surface area contributed by atoms with Gasteiger partial charge in [-0.2, -0.15) is 0 Å². The minimum Gasteiger partial charge on any atom is -0.365 e. The number of piperidine rings is 1. The maximum Gasteiger partial charge on any atom is 0.230 e. The molecule has 1 spiro atoms. The lowest BCUT2D eigenvalue weighted by Gasteiger charge is -2.43. The highest BCUT2D eigenvalue weighted by atomic mass is 19.2. The number of rotatable bonds is 6. The number of benzene rings is 2. The first-order valence-corrected chi connectivity index (χ1v) is 11.8. The van der Waals surface area contributed by atoms with Gasteiger partial charge < -0.3 is 20.3 Å². The van der Waals surface area contributed by atoms with Crippen molar-refractivity contribution < 1.29 is 23.1 Å². The van der Waals surface area contributed by atoms with E-state index in [1.54, 1.807) is 0 Å². The summed E-state index contributed by atoms with van der Waals surface area (Å²) in [6.45, 7) is 3.59. The van der Waals surface area contributed by atoms with Gasteiger partial charge in [-0.25, -0.2) is 8.78 Å². The van der Waals surface area contributed by atoms with Crippen LogP contribution in [0.2, 0.25) is 0 Å². The summed E-state index contributed by atoms with van der Waals surface area (Å²) in [5, 5.41) is 6.10. The zero-order valence-corrected chi connectivity index (χ0v) is 19.2. The fourth-order valence-corrected chi connectivity index (χ4v) is 5.26. The molecular weight excluding hydrogens is 440 g/mol. The largest absolute Gasteiger partial charge is 0.365 e. The minimum absolute atomic E-state index is 0.0282. The zero-order chi connectivity index (χ0) is 23.9. The SMILES string of the molecule is CC(=O)NCc1cccc(CN(C(=O)[C@H]2CNCCC23OCc2cc(F)c(F)cc23)C2CC2)c1. The van der Waals surface area contributed by atoms with E-state index in [0.717, 1.165) is 24.0 Å². The van der Waals surface area contributed by atoms with Crippen LogP contribution in [0.15, 0.2) is 36.4 Å². The van der Waals surface area contributed by atoms with Crippen molar-refractivity contribution in [2.45, 2.75) is 57.5 Å². The standard InChI is InChI=1S/C26H29F2N3O3/c1-16(32)30-12-17-3-2-4-18(9-17)14-31(20-5-6-20)25(33)22-13-29-8-7-26(22)21-11-24(28)23(27)10-19(21)15-34-26/h2-4,9-11,20,22,29H,5-8,12-15H2,1H3,(H,30,32)/t22-,26?/m1/s1. The zero-order valence-electron chi connectivity index (χ0n) is 19.2. The van der Waals surface area contributed by atoms with E-state index in [-0.39, 0.29) is 24.5 Å². The molecule has 2 aliphatic heterocycles. The first-order chi connectivity index (χ1) is 16.4. The summed E-state index contributed by atoms with van der Waals surface area (Å²) >= 11 is 0. The van der Waals surface area contributed by atoms with Crippen LogP contribution in [0.25, 0.3) is 0 Å². The first-order valence-electron chi connectivity index (χ1n) is 11.8. The van der Waals surface area contributed by atoms with Crippen LogP contribution in [0, 0.1) is 17.6 Å². The average molecular weight is 470 g/mol. The number of carbonyl (C=O) groups is 2. The lowest BCUT2D eigenvalue weighted by atomic mass is 9.75. The molecular formula is C26H29F2N3O3. The second-order valence-electron chi connectivity index (χ2n) is 9.54. The van der Waals surface area contributed by atoms with Crippen LogP contribution in [-0.4, -0.2) is 35.8 Å². The second kappa shape index (κ2) is 9.07. The van der Waals surface area contributed by atoms with Crippen molar-refractivity contribution in [3.8, 4) is 0 Å². The molecule has 5 rings (SSSR count). The summed E-state index contributed by atoms with van der Waals surface area (Å²) in [6.07, 6.45) is 2.41. The lowest BCUT2D eigenvalue weighted by Crippen LogP contribution is -2.55. The molecule has 2 fully saturated rings. The molecule has 2 amide bonds. The van der Waals surface area contributed by atoms with Crippen molar-refractivity contribution in [3.63, 3.8) is 0 Å². The van der Waals surface area contributed by atoms with Crippen LogP contribution in [0.1, 0.15) is 48.4 Å². The number of amides is 2. The smallest absolute Gasteiger partial charge is 0.230 e. The predicted molar refractivity (Wildman–Crippen MR) is 121 cm³/mol. The van der Waals surface area contributed by atoms with Crippen molar-refractivity contribution in [3.05, 3.63) is 70.3 Å². The van der Waals surface area contributed by atoms with Crippen LogP contribution >= 0.6 is 0 Å². The van der Waals surface area contributed by atoms with Crippen molar-refractivity contribution in [2.75, 3.05) is 13.1 Å². The number of fused-ring (bicyclic) bond motifs is 2. The molecule has 2 heterocycles. The summed E-state index contributed by atoms with van der Waals surface area (Å²) < 4.78 is 34.3. The van der Waals surface area contributed by atoms with E-state index in [1.165, 1.54) is 19.1 Å². The lowest BCUT2D eigenvalue weighted by molar-refractivity contribution is -0.157. The molecule has 6 nitrogen and oxygen atoms in total. The van der Waals surface area contributed by atoms with Gasteiger partial charge >= 0.3 is 0 Å². The van der Waals surface area contributed by atoms with E-state index in [2.05, 4.69) is 10.6 Å². The molecule has 180 valence electrons. The molecule has 0 bridgehead atoms. The van der Waals surface area contributed by atoms with Crippen LogP contribution in [-0.2, 0) is 39.6 Å². The highest BCUT2D eigenvalue weighted by molar-refractivity contribution is 5.82. The van der Waals surface area contributed by atoms with Crippen LogP contribution in [0.4, 0.5) is 8.78 Å². The Morgan fingerprint density at radius 3 is 2.71 bits per heavy atom. The fourth-order valence-electron chi connectivity index (χ4n) is 5.26. The molecule has 1 saturated carbocycles. The van der Waals surface area contributed by atoms with Gasteiger partial charge in [0.2, 0.25) is 11.8 Å². The molecule has 1 aliphatic carbocycles. The van der Waals surface area contributed by atoms with E-state index < -0.39 is 23.2 Å². The second-order valence-corrected chi connectivity index (χ2v) is 9.54. The van der Waals surface area contributed by atoms with Gasteiger partial charge in [0.1, 0.15) is 5.60 Å². The van der Waals surface area contributed by atoms with E-state index in [1.807, 2.05) is 29.2 Å². The third-order valence-corrected chi connectivity index (χ3v) is 7.13. The topological polar surface area (TPSA) is 70.7 Å². The number of hydrogen-bond acceptors (Lipinski definition) is 4. The maximum absolute atomic E-state index is 14.2. The monoisotopic (exact) mass is 469 g/mol. The number of ether oxygens (including phenoxy) is 1. The van der Waals surface area contributed by atoms with Crippen LogP contribution < -0.4 is 10.6 Å². The quantitative estimate of drug-likeness (QED) is 0.682. The molecule has 8 heteroatoms. The van der Waals surface area contributed by atoms with E-state index >= 15 is 0 Å². The van der Waals surface area contributed by atoms with Crippen LogP contribution in [0.3, 0.4) is 0 Å². The summed E-state index contributed by atoms with van der Waals surface area (Å²) in [7, 11) is 0. The Bertz CT molecular complexity index is 1120. The number of nitrogens with zero attached hydrogens (tertiary/aromatic N) is 1. The Labute approximate surface area is 197 Å². The van der Waals surface area contributed by atoms with Crippen LogP contribution in [0.5, 0.6) is 0 Å². The Balaban J connectivity index is 1.42. The van der Waals surface area contributed by atoms with Gasteiger partial charge in [-0.05, 0) is 60.2 Å². The molecule has 2 aromatic carbocycles. The van der Waals surface area contributed by atoms with Gasteiger partial charge in [0.25, 0.3) is 0 Å². The van der Waals surface area contributed by atoms with E-state index in [4.69, 9.17) is 4.74 Å². The summed E-state index contributed by atoms with van der Waals surface area (Å²) in [5.41, 5.74) is 2.22. The molecule has 1 unspecified atom stereocenters. The van der Waals surface area contributed by atoms with Crippen molar-refractivity contribution in [1.29, 1.82) is 0 Å². The van der Waals surface area contributed by atoms with Gasteiger partial charge in [0.15, 0.2) is 11.6 Å². The van der Waals surface area contributed by atoms with Crippen molar-refractivity contribution in [2.24, 2.45) is 5.92 Å². The molecule has 3 aliphatic rings. The summed E-state index contributed by atoms with van der Waals surface area (Å²) in [5.74, 6) is -2.46. The van der Waals surface area contributed by atoms with Gasteiger partial charge in [-0.1, -0.05) is 24.3 Å². The Hall–Kier alpha value is -2.84. The molecule has 1 saturated heterocycles. The van der Waals surface area contributed by atoms with Gasteiger partial charge in [-0.15, -0.1) is 0 Å². The number of hydrogen-bond donors (Lipinski definition) is 2. The highest BCUT2D eigenvalue weighted by Gasteiger charge is 2.53. The molecule has 2 aromatic rings. The molecule has 0 radical (unpaired) electrons. The van der Waals surface area contributed by atoms with E-state index in [0.29, 0.717) is 43.7 Å². The summed E-state index contributed by atoms with van der Waals surface area (Å²) in [6, 6.07) is 10.4. The molecule has 2 N–H and O–H groups in total. The van der Waals surface area contributed by atoms with Gasteiger partial charge in [0, 0.05) is 32.6 Å². The minimum atomic E-state index is -0.952. The van der Waals surface area contributed by atoms with Crippen molar-refractivity contribution >= 4 is 11.8 Å². The fraction of sp³-hybridized carbons (Fsp3) is 0.462. The highest BCUT2D eigenvalue weighted by Crippen LogP contribution is 2.48. The van der Waals surface area contributed by atoms with Gasteiger partial charge in [0.05, 0.1) is 12.5 Å². The third-order valence-electron chi connectivity index (χ3n) is 7.13. The Kier molecular flexibility index (Phi) is 6.12. The Morgan fingerprint density at radius 1 is 1.18 bits per heavy atom. The Morgan fingerprint density at radius 2 is 1.94 bits per heavy atom. The normalized spacial score (nSPS) is 23.6. The van der Waals surface area contributed by atoms with Gasteiger partial charge in [-0.3, -0.25) is 9.59 Å². The van der Waals surface area contributed by atoms with Crippen molar-refractivity contribution in [1.82, 2.24) is 15.5 Å². The maximum atomic E-state index is 14.2. The number of nitrogens with one attached hydrogen (secondary N) is 2. The first kappa shape index (κ1) is 22.9. The average Bonchev–Trinajstić information content (AvgIpc) is 3.62.